The minimum Gasteiger partial charge on any atom is -0.369 e. The number of hydrogen-bond donors (Lipinski definition) is 2. The van der Waals surface area contributed by atoms with Crippen molar-refractivity contribution in [1.29, 1.82) is 0 Å². The van der Waals surface area contributed by atoms with E-state index in [0.717, 1.165) is 16.1 Å². The van der Waals surface area contributed by atoms with Gasteiger partial charge in [-0.1, -0.05) is 12.1 Å². The molecule has 2 amide bonds. The zero-order valence-corrected chi connectivity index (χ0v) is 22.1. The van der Waals surface area contributed by atoms with Gasteiger partial charge in [0.2, 0.25) is 11.9 Å². The van der Waals surface area contributed by atoms with Gasteiger partial charge in [0.05, 0.1) is 11.4 Å². The maximum atomic E-state index is 13.1. The van der Waals surface area contributed by atoms with Crippen LogP contribution in [0.5, 0.6) is 0 Å². The van der Waals surface area contributed by atoms with Crippen LogP contribution < -0.4 is 11.1 Å². The van der Waals surface area contributed by atoms with E-state index in [4.69, 9.17) is 10.7 Å². The minimum atomic E-state index is -0.837. The average molecular weight is 512 g/mol. The Morgan fingerprint density at radius 3 is 2.66 bits per heavy atom. The Hall–Kier alpha value is -2.91. The topological polar surface area (TPSA) is 100 Å². The zero-order chi connectivity index (χ0) is 25.0. The van der Waals surface area contributed by atoms with E-state index in [-0.39, 0.29) is 17.7 Å². The maximum Gasteiger partial charge on any atom is 0.263 e. The average Bonchev–Trinajstić information content (AvgIpc) is 3.24. The number of aliphatic imine (C=N–C) groups is 2. The van der Waals surface area contributed by atoms with Crippen LogP contribution in [0, 0.1) is 5.92 Å². The largest absolute Gasteiger partial charge is 0.369 e. The van der Waals surface area contributed by atoms with Crippen molar-refractivity contribution in [2.45, 2.75) is 30.7 Å². The third kappa shape index (κ3) is 6.41. The summed E-state index contributed by atoms with van der Waals surface area (Å²) < 4.78 is 0. The number of carbonyl (C=O) groups is 2. The van der Waals surface area contributed by atoms with Gasteiger partial charge in [0.1, 0.15) is 0 Å². The quantitative estimate of drug-likeness (QED) is 0.628. The van der Waals surface area contributed by atoms with Gasteiger partial charge in [-0.2, -0.15) is 0 Å². The number of likely N-dealkylation sites (tertiary alicyclic amines) is 1. The van der Waals surface area contributed by atoms with Crippen LogP contribution in [0.2, 0.25) is 0 Å². The molecule has 1 fully saturated rings. The number of rotatable bonds is 4. The van der Waals surface area contributed by atoms with Gasteiger partial charge in [-0.25, -0.2) is 20.0 Å². The molecular formula is C26H33N5O2S2. The first-order valence-electron chi connectivity index (χ1n) is 11.7. The standard InChI is InChI=1S/C26H33N5O2S2/c1-35(2,3)21-8-6-7-20(16-21)30-26-28-12-5-4-9-22-19(17-29-26)15-23(34-22)25(33)31-13-10-18(11-14-31)24(27)32/h4,6-9,12,15-16,18H,5,10-11,13-14,17H2,1-3H3,(H2,27,32)(H,29,30)/b9-4-,28-12?. The van der Waals surface area contributed by atoms with E-state index in [9.17, 15) is 9.59 Å². The highest BCUT2D eigenvalue weighted by atomic mass is 32.3. The van der Waals surface area contributed by atoms with Gasteiger partial charge >= 0.3 is 0 Å². The molecule has 3 N–H and O–H groups in total. The molecule has 186 valence electrons. The third-order valence-corrected chi connectivity index (χ3v) is 8.96. The molecule has 0 saturated carbocycles. The molecule has 3 heterocycles. The molecule has 4 rings (SSSR count). The first-order valence-corrected chi connectivity index (χ1v) is 15.4. The van der Waals surface area contributed by atoms with Crippen LogP contribution in [-0.4, -0.2) is 60.7 Å². The lowest BCUT2D eigenvalue weighted by atomic mass is 9.96. The van der Waals surface area contributed by atoms with E-state index >= 15 is 0 Å². The number of fused-ring (bicyclic) bond motifs is 1. The number of nitrogens with two attached hydrogens (primary N) is 1. The van der Waals surface area contributed by atoms with Crippen molar-refractivity contribution in [2.75, 3.05) is 37.2 Å². The van der Waals surface area contributed by atoms with E-state index in [1.807, 2.05) is 29.3 Å². The lowest BCUT2D eigenvalue weighted by molar-refractivity contribution is -0.123. The molecular weight excluding hydrogens is 478 g/mol. The molecule has 9 heteroatoms. The van der Waals surface area contributed by atoms with Crippen molar-refractivity contribution >= 4 is 57.1 Å². The summed E-state index contributed by atoms with van der Waals surface area (Å²) in [5.74, 6) is 0.154. The molecule has 2 aromatic rings. The second-order valence-electron chi connectivity index (χ2n) is 9.55. The lowest BCUT2D eigenvalue weighted by Crippen LogP contribution is -2.41. The van der Waals surface area contributed by atoms with Crippen molar-refractivity contribution in [3.63, 3.8) is 0 Å². The van der Waals surface area contributed by atoms with Crippen LogP contribution in [0.25, 0.3) is 6.08 Å². The molecule has 35 heavy (non-hydrogen) atoms. The second kappa shape index (κ2) is 10.8. The molecule has 2 aliphatic rings. The van der Waals surface area contributed by atoms with Crippen molar-refractivity contribution in [3.05, 3.63) is 51.7 Å². The number of carbonyl (C=O) groups excluding carboxylic acids is 2. The van der Waals surface area contributed by atoms with E-state index in [1.165, 1.54) is 16.2 Å². The number of nitrogens with one attached hydrogen (secondary N) is 1. The van der Waals surface area contributed by atoms with Crippen LogP contribution in [-0.2, 0) is 11.3 Å². The molecule has 0 spiro atoms. The number of primary amides is 1. The van der Waals surface area contributed by atoms with E-state index in [2.05, 4.69) is 53.4 Å². The van der Waals surface area contributed by atoms with Crippen LogP contribution in [0.15, 0.2) is 51.3 Å². The number of allylic oxidation sites excluding steroid dienone is 1. The summed E-state index contributed by atoms with van der Waals surface area (Å²) >= 11 is 1.49. The van der Waals surface area contributed by atoms with Crippen molar-refractivity contribution in [3.8, 4) is 0 Å². The molecule has 1 saturated heterocycles. The molecule has 0 atom stereocenters. The summed E-state index contributed by atoms with van der Waals surface area (Å²) in [7, 11) is -0.837. The SMILES string of the molecule is CS(C)(C)c1cccc(NC2=NCc3cc(C(=O)N4CCC(C(N)=O)CC4)sc3/C=C\CC=N2)c1. The zero-order valence-electron chi connectivity index (χ0n) is 20.5. The molecule has 7 nitrogen and oxygen atoms in total. The second-order valence-corrected chi connectivity index (χ2v) is 14.8. The molecule has 0 aliphatic carbocycles. The fourth-order valence-corrected chi connectivity index (χ4v) is 6.11. The van der Waals surface area contributed by atoms with E-state index in [0.29, 0.717) is 49.7 Å². The Bertz CT molecular complexity index is 1180. The monoisotopic (exact) mass is 511 g/mol. The lowest BCUT2D eigenvalue weighted by Gasteiger charge is -2.30. The van der Waals surface area contributed by atoms with Gasteiger partial charge < -0.3 is 16.0 Å². The van der Waals surface area contributed by atoms with Gasteiger partial charge in [-0.15, -0.1) is 11.3 Å². The van der Waals surface area contributed by atoms with E-state index < -0.39 is 10.0 Å². The summed E-state index contributed by atoms with van der Waals surface area (Å²) in [5.41, 5.74) is 7.40. The van der Waals surface area contributed by atoms with Crippen LogP contribution in [0.1, 0.15) is 39.4 Å². The van der Waals surface area contributed by atoms with Crippen LogP contribution >= 0.6 is 21.4 Å². The van der Waals surface area contributed by atoms with Gasteiger partial charge in [0, 0.05) is 42.2 Å². The number of guanidine groups is 1. The smallest absolute Gasteiger partial charge is 0.263 e. The first kappa shape index (κ1) is 25.2. The summed E-state index contributed by atoms with van der Waals surface area (Å²) in [6.07, 6.45) is 14.7. The maximum absolute atomic E-state index is 13.1. The Balaban J connectivity index is 1.51. The first-order chi connectivity index (χ1) is 16.7. The highest BCUT2D eigenvalue weighted by molar-refractivity contribution is 8.32. The van der Waals surface area contributed by atoms with Gasteiger partial charge in [-0.05, 0) is 72.4 Å². The fourth-order valence-electron chi connectivity index (χ4n) is 4.07. The number of piperidine rings is 1. The van der Waals surface area contributed by atoms with E-state index in [1.54, 1.807) is 0 Å². The Kier molecular flexibility index (Phi) is 7.76. The minimum absolute atomic E-state index is 0.00812. The number of hydrogen-bond acceptors (Lipinski definition) is 6. The van der Waals surface area contributed by atoms with Crippen molar-refractivity contribution in [1.82, 2.24) is 4.90 Å². The van der Waals surface area contributed by atoms with Gasteiger partial charge in [0.25, 0.3) is 5.91 Å². The summed E-state index contributed by atoms with van der Waals surface area (Å²) in [5, 5.41) is 3.37. The number of thiophene rings is 1. The predicted molar refractivity (Wildman–Crippen MR) is 149 cm³/mol. The summed E-state index contributed by atoms with van der Waals surface area (Å²) in [6, 6.07) is 10.4. The van der Waals surface area contributed by atoms with Crippen molar-refractivity contribution in [2.24, 2.45) is 21.6 Å². The van der Waals surface area contributed by atoms with Gasteiger partial charge in [0.15, 0.2) is 0 Å². The number of anilines is 1. The Morgan fingerprint density at radius 2 is 1.94 bits per heavy atom. The highest BCUT2D eigenvalue weighted by Gasteiger charge is 2.27. The third-order valence-electron chi connectivity index (χ3n) is 6.16. The number of nitrogens with zero attached hydrogens (tertiary/aromatic N) is 3. The molecule has 0 radical (unpaired) electrons. The molecule has 1 aromatic heterocycles. The molecule has 1 aromatic carbocycles. The van der Waals surface area contributed by atoms with Crippen molar-refractivity contribution < 1.29 is 9.59 Å². The predicted octanol–water partition coefficient (Wildman–Crippen LogP) is 4.59. The number of amides is 2. The van der Waals surface area contributed by atoms with Crippen LogP contribution in [0.4, 0.5) is 5.69 Å². The Labute approximate surface area is 212 Å². The summed E-state index contributed by atoms with van der Waals surface area (Å²) in [4.78, 5) is 38.7. The number of benzene rings is 1. The highest BCUT2D eigenvalue weighted by Crippen LogP contribution is 2.45. The molecule has 0 bridgehead atoms. The summed E-state index contributed by atoms with van der Waals surface area (Å²) in [6.45, 7) is 1.54. The van der Waals surface area contributed by atoms with Crippen LogP contribution in [0.3, 0.4) is 0 Å². The van der Waals surface area contributed by atoms with Gasteiger partial charge in [-0.3, -0.25) is 9.59 Å². The normalized spacial score (nSPS) is 18.4. The molecule has 2 aliphatic heterocycles. The fraction of sp³-hybridized carbons (Fsp3) is 0.385. The Morgan fingerprint density at radius 1 is 1.17 bits per heavy atom. The molecule has 0 unspecified atom stereocenters.